The van der Waals surface area contributed by atoms with Crippen molar-refractivity contribution in [1.82, 2.24) is 10.2 Å². The van der Waals surface area contributed by atoms with E-state index in [1.165, 1.54) is 22.3 Å². The fraction of sp³-hybridized carbons (Fsp3) is 0.367. The van der Waals surface area contributed by atoms with Crippen molar-refractivity contribution in [3.63, 3.8) is 0 Å². The third kappa shape index (κ3) is 5.30. The number of halogens is 1. The molecule has 0 unspecified atom stereocenters. The number of hydrogen-bond acceptors (Lipinski definition) is 3. The minimum atomic E-state index is -0.252. The number of likely N-dealkylation sites (tertiary alicyclic amines) is 1. The van der Waals surface area contributed by atoms with Gasteiger partial charge in [-0.1, -0.05) is 72.3 Å². The van der Waals surface area contributed by atoms with E-state index in [1.807, 2.05) is 24.3 Å². The van der Waals surface area contributed by atoms with E-state index in [-0.39, 0.29) is 29.6 Å². The van der Waals surface area contributed by atoms with Gasteiger partial charge in [-0.3, -0.25) is 9.69 Å². The smallest absolute Gasteiger partial charge is 0.237 e. The van der Waals surface area contributed by atoms with E-state index in [9.17, 15) is 4.79 Å². The Morgan fingerprint density at radius 3 is 2.17 bits per heavy atom. The van der Waals surface area contributed by atoms with Gasteiger partial charge < -0.3 is 10.1 Å². The van der Waals surface area contributed by atoms with Gasteiger partial charge in [-0.05, 0) is 67.1 Å². The molecule has 0 saturated carbocycles. The van der Waals surface area contributed by atoms with E-state index in [1.54, 1.807) is 0 Å². The molecule has 1 saturated heterocycles. The number of ether oxygens (including phenoxy) is 1. The molecule has 1 heterocycles. The summed E-state index contributed by atoms with van der Waals surface area (Å²) < 4.78 is 6.35. The quantitative estimate of drug-likeness (QED) is 0.460. The van der Waals surface area contributed by atoms with Crippen molar-refractivity contribution in [1.29, 1.82) is 0 Å². The normalized spacial score (nSPS) is 20.0. The summed E-state index contributed by atoms with van der Waals surface area (Å²) in [6.07, 6.45) is 0.716. The maximum Gasteiger partial charge on any atom is 0.237 e. The van der Waals surface area contributed by atoms with E-state index in [0.29, 0.717) is 18.0 Å². The maximum absolute atomic E-state index is 13.4. The lowest BCUT2D eigenvalue weighted by atomic mass is 9.96. The number of rotatable bonds is 6. The lowest BCUT2D eigenvalue weighted by Crippen LogP contribution is -2.44. The lowest BCUT2D eigenvalue weighted by Gasteiger charge is -2.28. The third-order valence-electron chi connectivity index (χ3n) is 6.95. The first-order valence-electron chi connectivity index (χ1n) is 12.4. The number of carbonyl (C=O) groups is 1. The average molecular weight is 489 g/mol. The molecule has 1 aliphatic heterocycles. The molecule has 182 valence electrons. The fourth-order valence-corrected chi connectivity index (χ4v) is 5.65. The highest BCUT2D eigenvalue weighted by atomic mass is 35.5. The summed E-state index contributed by atoms with van der Waals surface area (Å²) in [4.78, 5) is 15.8. The van der Waals surface area contributed by atoms with Crippen LogP contribution in [0.5, 0.6) is 0 Å². The summed E-state index contributed by atoms with van der Waals surface area (Å²) in [7, 11) is 0. The Bertz CT molecular complexity index is 1160. The Labute approximate surface area is 213 Å². The van der Waals surface area contributed by atoms with Crippen molar-refractivity contribution >= 4 is 17.5 Å². The van der Waals surface area contributed by atoms with Gasteiger partial charge in [0, 0.05) is 30.6 Å². The molecule has 1 N–H and O–H groups in total. The molecule has 0 spiro atoms. The van der Waals surface area contributed by atoms with Gasteiger partial charge in [0.2, 0.25) is 5.91 Å². The Morgan fingerprint density at radius 1 is 0.971 bits per heavy atom. The highest BCUT2D eigenvalue weighted by Crippen LogP contribution is 2.45. The molecular weight excluding hydrogens is 456 g/mol. The summed E-state index contributed by atoms with van der Waals surface area (Å²) in [5.74, 6) is 0.293. The molecule has 0 aromatic heterocycles. The van der Waals surface area contributed by atoms with Crippen LogP contribution in [0.3, 0.4) is 0 Å². The van der Waals surface area contributed by atoms with E-state index >= 15 is 0 Å². The Balaban J connectivity index is 1.37. The minimum Gasteiger partial charge on any atom is -0.371 e. The van der Waals surface area contributed by atoms with Gasteiger partial charge in [0.15, 0.2) is 0 Å². The van der Waals surface area contributed by atoms with Crippen LogP contribution < -0.4 is 5.32 Å². The molecule has 0 radical (unpaired) electrons. The van der Waals surface area contributed by atoms with Crippen LogP contribution in [0.25, 0.3) is 11.1 Å². The van der Waals surface area contributed by atoms with Crippen LogP contribution >= 0.6 is 11.6 Å². The number of benzene rings is 3. The van der Waals surface area contributed by atoms with Gasteiger partial charge in [0.1, 0.15) is 0 Å². The minimum absolute atomic E-state index is 0.0215. The van der Waals surface area contributed by atoms with Gasteiger partial charge in [0.25, 0.3) is 0 Å². The largest absolute Gasteiger partial charge is 0.371 e. The number of amides is 1. The number of nitrogens with one attached hydrogen (secondary N) is 1. The number of carbonyl (C=O) groups excluding carboxylic acids is 1. The van der Waals surface area contributed by atoms with Crippen LogP contribution in [-0.4, -0.2) is 41.6 Å². The van der Waals surface area contributed by atoms with Gasteiger partial charge in [-0.2, -0.15) is 0 Å². The molecule has 4 nitrogen and oxygen atoms in total. The fourth-order valence-electron chi connectivity index (χ4n) is 5.52. The van der Waals surface area contributed by atoms with Crippen LogP contribution in [0.4, 0.5) is 0 Å². The van der Waals surface area contributed by atoms with Crippen molar-refractivity contribution in [2.75, 3.05) is 13.1 Å². The van der Waals surface area contributed by atoms with Crippen LogP contribution in [0.2, 0.25) is 5.02 Å². The van der Waals surface area contributed by atoms with Crippen LogP contribution in [-0.2, 0) is 16.1 Å². The molecule has 35 heavy (non-hydrogen) atoms. The predicted molar refractivity (Wildman–Crippen MR) is 142 cm³/mol. The average Bonchev–Trinajstić information content (AvgIpc) is 3.37. The summed E-state index contributed by atoms with van der Waals surface area (Å²) in [6, 6.07) is 24.7. The van der Waals surface area contributed by atoms with E-state index in [0.717, 1.165) is 18.7 Å². The standard InChI is InChI=1S/C30H33ClN2O2/c1-30(2,3)35-22-16-28(29(34)32-17-20-12-14-21(31)15-13-20)33(18-22)19-27-25-10-6-4-8-23(25)24-9-5-7-11-26(24)27/h4-15,22,27-28H,16-19H2,1-3H3,(H,32,34)/t22-,28+/m1/s1. The first-order chi connectivity index (χ1) is 16.8. The first kappa shape index (κ1) is 24.1. The molecule has 5 rings (SSSR count). The maximum atomic E-state index is 13.4. The van der Waals surface area contributed by atoms with Gasteiger partial charge >= 0.3 is 0 Å². The molecular formula is C30H33ClN2O2. The zero-order valence-corrected chi connectivity index (χ0v) is 21.4. The van der Waals surface area contributed by atoms with Crippen LogP contribution in [0, 0.1) is 0 Å². The third-order valence-corrected chi connectivity index (χ3v) is 7.20. The summed E-state index contributed by atoms with van der Waals surface area (Å²) in [6.45, 7) is 8.26. The van der Waals surface area contributed by atoms with Crippen LogP contribution in [0.1, 0.15) is 49.8 Å². The zero-order valence-electron chi connectivity index (χ0n) is 20.6. The molecule has 1 fully saturated rings. The van der Waals surface area contributed by atoms with Crippen molar-refractivity contribution in [3.8, 4) is 11.1 Å². The Morgan fingerprint density at radius 2 is 1.57 bits per heavy atom. The molecule has 3 aromatic carbocycles. The highest BCUT2D eigenvalue weighted by Gasteiger charge is 2.41. The number of fused-ring (bicyclic) bond motifs is 3. The molecule has 3 aromatic rings. The molecule has 1 aliphatic carbocycles. The van der Waals surface area contributed by atoms with Gasteiger partial charge in [-0.25, -0.2) is 0 Å². The first-order valence-corrected chi connectivity index (χ1v) is 12.8. The Hall–Kier alpha value is -2.66. The molecule has 2 atom stereocenters. The van der Waals surface area contributed by atoms with E-state index < -0.39 is 0 Å². The van der Waals surface area contributed by atoms with Crippen molar-refractivity contribution in [2.45, 2.75) is 57.4 Å². The lowest BCUT2D eigenvalue weighted by molar-refractivity contribution is -0.125. The summed E-state index contributed by atoms with van der Waals surface area (Å²) in [5.41, 5.74) is 6.08. The van der Waals surface area contributed by atoms with E-state index in [2.05, 4.69) is 79.5 Å². The number of nitrogens with zero attached hydrogens (tertiary/aromatic N) is 1. The van der Waals surface area contributed by atoms with Crippen molar-refractivity contribution in [2.24, 2.45) is 0 Å². The predicted octanol–water partition coefficient (Wildman–Crippen LogP) is 6.03. The molecule has 5 heteroatoms. The highest BCUT2D eigenvalue weighted by molar-refractivity contribution is 6.30. The molecule has 0 bridgehead atoms. The van der Waals surface area contributed by atoms with Gasteiger partial charge in [-0.15, -0.1) is 0 Å². The van der Waals surface area contributed by atoms with Crippen molar-refractivity contribution in [3.05, 3.63) is 94.5 Å². The second kappa shape index (κ2) is 9.77. The second-order valence-electron chi connectivity index (χ2n) is 10.6. The Kier molecular flexibility index (Phi) is 6.71. The van der Waals surface area contributed by atoms with Crippen LogP contribution in [0.15, 0.2) is 72.8 Å². The second-order valence-corrected chi connectivity index (χ2v) is 11.1. The number of hydrogen-bond donors (Lipinski definition) is 1. The summed E-state index contributed by atoms with van der Waals surface area (Å²) >= 11 is 6.01. The monoisotopic (exact) mass is 488 g/mol. The molecule has 1 amide bonds. The molecule has 2 aliphatic rings. The van der Waals surface area contributed by atoms with Gasteiger partial charge in [0.05, 0.1) is 17.7 Å². The summed E-state index contributed by atoms with van der Waals surface area (Å²) in [5, 5.41) is 3.85. The topological polar surface area (TPSA) is 41.6 Å². The van der Waals surface area contributed by atoms with Crippen molar-refractivity contribution < 1.29 is 9.53 Å². The zero-order chi connectivity index (χ0) is 24.6. The van der Waals surface area contributed by atoms with E-state index in [4.69, 9.17) is 16.3 Å². The SMILES string of the molecule is CC(C)(C)O[C@@H]1C[C@@H](C(=O)NCc2ccc(Cl)cc2)N(CC2c3ccccc3-c3ccccc32)C1.